The predicted molar refractivity (Wildman–Crippen MR) is 88.3 cm³/mol. The minimum atomic E-state index is -2.17. The molecule has 1 aromatic heterocycles. The van der Waals surface area contributed by atoms with Crippen molar-refractivity contribution in [3.8, 4) is 0 Å². The van der Waals surface area contributed by atoms with E-state index in [1.54, 1.807) is 0 Å². The standard InChI is InChI=1S/C14H11N2.3CH3.Sn/c1-2-5-11(6-3-1)9-12-7-4-8-14-13(12)10-15-16-14;;;;/h1-8H,9H2,(H,15,16);3*1H3;. The molecular formula is C17H20N2Sn. The number of H-pyrrole nitrogens is 1. The Labute approximate surface area is 124 Å². The zero-order valence-corrected chi connectivity index (χ0v) is 15.1. The van der Waals surface area contributed by atoms with Gasteiger partial charge in [0.2, 0.25) is 0 Å². The molecule has 0 saturated carbocycles. The summed E-state index contributed by atoms with van der Waals surface area (Å²) in [7, 11) is 0. The molecule has 2 aromatic carbocycles. The molecule has 102 valence electrons. The Morgan fingerprint density at radius 3 is 2.40 bits per heavy atom. The molecule has 2 nitrogen and oxygen atoms in total. The van der Waals surface area contributed by atoms with E-state index in [2.05, 4.69) is 73.5 Å². The Bertz CT molecular complexity index is 724. The van der Waals surface area contributed by atoms with Crippen LogP contribution in [0.5, 0.6) is 0 Å². The van der Waals surface area contributed by atoms with Crippen LogP contribution in [0.15, 0.2) is 48.5 Å². The van der Waals surface area contributed by atoms with Gasteiger partial charge in [0.15, 0.2) is 0 Å². The second-order valence-electron chi connectivity index (χ2n) is 6.32. The SMILES string of the molecule is [CH3][Sn]([CH3])([CH3])[c]1[nH]nc2cccc(Cc3ccccc3)c12. The van der Waals surface area contributed by atoms with Crippen molar-refractivity contribution in [2.45, 2.75) is 21.2 Å². The average molecular weight is 371 g/mol. The van der Waals surface area contributed by atoms with E-state index < -0.39 is 18.4 Å². The maximum absolute atomic E-state index is 4.51. The van der Waals surface area contributed by atoms with E-state index in [-0.39, 0.29) is 0 Å². The number of nitrogens with one attached hydrogen (secondary N) is 1. The Balaban J connectivity index is 2.13. The molecule has 0 amide bonds. The number of nitrogens with zero attached hydrogens (tertiary/aromatic N) is 1. The van der Waals surface area contributed by atoms with Gasteiger partial charge in [-0.05, 0) is 0 Å². The molecule has 0 fully saturated rings. The van der Waals surface area contributed by atoms with Crippen LogP contribution in [0.2, 0.25) is 14.8 Å². The first-order valence-electron chi connectivity index (χ1n) is 7.06. The number of fused-ring (bicyclic) bond motifs is 1. The van der Waals surface area contributed by atoms with Crippen LogP contribution in [0.4, 0.5) is 0 Å². The van der Waals surface area contributed by atoms with Gasteiger partial charge in [0.1, 0.15) is 0 Å². The van der Waals surface area contributed by atoms with Gasteiger partial charge < -0.3 is 0 Å². The van der Waals surface area contributed by atoms with Crippen molar-refractivity contribution in [1.82, 2.24) is 10.2 Å². The Morgan fingerprint density at radius 1 is 0.950 bits per heavy atom. The Hall–Kier alpha value is -1.29. The van der Waals surface area contributed by atoms with E-state index in [4.69, 9.17) is 0 Å². The van der Waals surface area contributed by atoms with Gasteiger partial charge in [-0.3, -0.25) is 0 Å². The van der Waals surface area contributed by atoms with Crippen LogP contribution < -0.4 is 3.71 Å². The van der Waals surface area contributed by atoms with Crippen molar-refractivity contribution in [2.75, 3.05) is 0 Å². The van der Waals surface area contributed by atoms with E-state index in [1.165, 1.54) is 20.2 Å². The summed E-state index contributed by atoms with van der Waals surface area (Å²) in [6.45, 7) is 0. The van der Waals surface area contributed by atoms with Gasteiger partial charge >= 0.3 is 124 Å². The Morgan fingerprint density at radius 2 is 1.70 bits per heavy atom. The summed E-state index contributed by atoms with van der Waals surface area (Å²) >= 11 is -2.17. The molecule has 0 atom stereocenters. The van der Waals surface area contributed by atoms with Crippen LogP contribution in [-0.2, 0) is 6.42 Å². The van der Waals surface area contributed by atoms with Crippen LogP contribution in [0.25, 0.3) is 10.9 Å². The van der Waals surface area contributed by atoms with Gasteiger partial charge in [-0.15, -0.1) is 0 Å². The third-order valence-electron chi connectivity index (χ3n) is 3.65. The van der Waals surface area contributed by atoms with Crippen molar-refractivity contribution >= 4 is 33.0 Å². The summed E-state index contributed by atoms with van der Waals surface area (Å²) in [6.07, 6.45) is 0.979. The van der Waals surface area contributed by atoms with Crippen LogP contribution in [0.1, 0.15) is 11.1 Å². The van der Waals surface area contributed by atoms with Gasteiger partial charge in [-0.1, -0.05) is 0 Å². The zero-order chi connectivity index (χ0) is 14.2. The van der Waals surface area contributed by atoms with E-state index in [9.17, 15) is 0 Å². The fraction of sp³-hybridized carbons (Fsp3) is 0.235. The second kappa shape index (κ2) is 5.24. The number of hydrogen-bond acceptors (Lipinski definition) is 1. The van der Waals surface area contributed by atoms with Crippen molar-refractivity contribution in [3.05, 3.63) is 59.7 Å². The van der Waals surface area contributed by atoms with Gasteiger partial charge in [-0.25, -0.2) is 0 Å². The van der Waals surface area contributed by atoms with E-state index >= 15 is 0 Å². The summed E-state index contributed by atoms with van der Waals surface area (Å²) < 4.78 is 1.43. The first-order chi connectivity index (χ1) is 9.55. The summed E-state index contributed by atoms with van der Waals surface area (Å²) in [6, 6.07) is 17.1. The maximum atomic E-state index is 4.51. The minimum absolute atomic E-state index is 0.979. The molecule has 1 heterocycles. The summed E-state index contributed by atoms with van der Waals surface area (Å²) in [5.41, 5.74) is 3.86. The van der Waals surface area contributed by atoms with Crippen LogP contribution >= 0.6 is 0 Å². The number of aromatic nitrogens is 2. The Kier molecular flexibility index (Phi) is 3.59. The molecule has 0 aliphatic carbocycles. The number of hydrogen-bond donors (Lipinski definition) is 1. The van der Waals surface area contributed by atoms with Gasteiger partial charge in [-0.2, -0.15) is 0 Å². The van der Waals surface area contributed by atoms with E-state index in [0.29, 0.717) is 0 Å². The number of rotatable bonds is 3. The predicted octanol–water partition coefficient (Wildman–Crippen LogP) is 3.70. The van der Waals surface area contributed by atoms with Crippen LogP contribution in [-0.4, -0.2) is 28.6 Å². The van der Waals surface area contributed by atoms with E-state index in [0.717, 1.165) is 11.9 Å². The molecule has 0 unspecified atom stereocenters. The molecule has 3 heteroatoms. The van der Waals surface area contributed by atoms with Crippen LogP contribution in [0.3, 0.4) is 0 Å². The molecule has 0 spiro atoms. The molecule has 3 aromatic rings. The van der Waals surface area contributed by atoms with Gasteiger partial charge in [0.05, 0.1) is 0 Å². The molecule has 0 radical (unpaired) electrons. The molecule has 0 aliphatic heterocycles. The first-order valence-corrected chi connectivity index (χ1v) is 17.0. The summed E-state index contributed by atoms with van der Waals surface area (Å²) in [4.78, 5) is 7.29. The summed E-state index contributed by atoms with van der Waals surface area (Å²) in [5, 5.41) is 9.21. The molecule has 0 aliphatic rings. The topological polar surface area (TPSA) is 28.7 Å². The van der Waals surface area contributed by atoms with Crippen molar-refractivity contribution in [3.63, 3.8) is 0 Å². The number of aromatic amines is 1. The fourth-order valence-corrected chi connectivity index (χ4v) is 6.73. The molecule has 3 rings (SSSR count). The fourth-order valence-electron chi connectivity index (χ4n) is 2.65. The molecule has 0 saturated heterocycles. The molecule has 0 bridgehead atoms. The number of benzene rings is 2. The van der Waals surface area contributed by atoms with Crippen molar-refractivity contribution in [1.29, 1.82) is 0 Å². The molecule has 20 heavy (non-hydrogen) atoms. The van der Waals surface area contributed by atoms with Crippen molar-refractivity contribution in [2.24, 2.45) is 0 Å². The quantitative estimate of drug-likeness (QED) is 0.699. The average Bonchev–Trinajstić information content (AvgIpc) is 2.85. The zero-order valence-electron chi connectivity index (χ0n) is 12.3. The van der Waals surface area contributed by atoms with E-state index in [1.807, 2.05) is 0 Å². The van der Waals surface area contributed by atoms with Gasteiger partial charge in [0.25, 0.3) is 0 Å². The second-order valence-corrected chi connectivity index (χ2v) is 20.6. The van der Waals surface area contributed by atoms with Gasteiger partial charge in [0, 0.05) is 0 Å². The molecule has 1 N–H and O–H groups in total. The summed E-state index contributed by atoms with van der Waals surface area (Å²) in [5.74, 6) is 0. The van der Waals surface area contributed by atoms with Crippen LogP contribution in [0, 0.1) is 0 Å². The molecular weight excluding hydrogens is 351 g/mol. The normalized spacial score (nSPS) is 11.9. The third-order valence-corrected chi connectivity index (χ3v) is 8.97. The van der Waals surface area contributed by atoms with Crippen molar-refractivity contribution < 1.29 is 0 Å². The third kappa shape index (κ3) is 2.61. The monoisotopic (exact) mass is 372 g/mol. The first kappa shape index (κ1) is 13.7.